The highest BCUT2D eigenvalue weighted by Crippen LogP contribution is 2.48. The van der Waals surface area contributed by atoms with Gasteiger partial charge in [0, 0.05) is 22.3 Å². The van der Waals surface area contributed by atoms with Gasteiger partial charge >= 0.3 is 0 Å². The molecule has 4 N–H and O–H groups in total. The molecule has 37 heavy (non-hydrogen) atoms. The molecular weight excluding hydrogens is 578 g/mol. The van der Waals surface area contributed by atoms with Crippen molar-refractivity contribution in [2.24, 2.45) is 0 Å². The third kappa shape index (κ3) is 4.58. The lowest BCUT2D eigenvalue weighted by molar-refractivity contribution is 0.469. The lowest BCUT2D eigenvalue weighted by Crippen LogP contribution is -1.98. The van der Waals surface area contributed by atoms with Crippen molar-refractivity contribution in [1.29, 1.82) is 0 Å². The summed E-state index contributed by atoms with van der Waals surface area (Å²) in [7, 11) is 0. The Balaban J connectivity index is 1.86. The van der Waals surface area contributed by atoms with Crippen molar-refractivity contribution in [3.8, 4) is 45.3 Å². The fourth-order valence-electron chi connectivity index (χ4n) is 4.49. The van der Waals surface area contributed by atoms with Gasteiger partial charge in [0.15, 0.2) is 0 Å². The Labute approximate surface area is 237 Å². The van der Waals surface area contributed by atoms with Crippen molar-refractivity contribution < 1.29 is 20.4 Å². The Morgan fingerprint density at radius 3 is 2.03 bits per heavy atom. The van der Waals surface area contributed by atoms with Crippen LogP contribution in [-0.2, 0) is 12.8 Å². The number of phenolic OH excluding ortho intramolecular Hbond substituents is 4. The van der Waals surface area contributed by atoms with Crippen molar-refractivity contribution in [2.45, 2.75) is 12.8 Å². The van der Waals surface area contributed by atoms with Crippen molar-refractivity contribution in [3.05, 3.63) is 90.9 Å². The average Bonchev–Trinajstić information content (AvgIpc) is 2.85. The summed E-state index contributed by atoms with van der Waals surface area (Å²) < 4.78 is 0. The molecule has 0 aliphatic heterocycles. The van der Waals surface area contributed by atoms with Gasteiger partial charge in [-0.15, -0.1) is 0 Å². The number of phenols is 4. The molecule has 0 amide bonds. The second-order valence-corrected chi connectivity index (χ2v) is 10.6. The minimum atomic E-state index is -0.251. The Bertz CT molecular complexity index is 1630. The summed E-state index contributed by atoms with van der Waals surface area (Å²) in [6.07, 6.45) is 2.35. The summed E-state index contributed by atoms with van der Waals surface area (Å²) in [6.45, 7) is 0. The first kappa shape index (κ1) is 25.9. The number of aryl methyl sites for hydroxylation is 1. The molecule has 4 nitrogen and oxygen atoms in total. The predicted octanol–water partition coefficient (Wildman–Crippen LogP) is 9.29. The quantitative estimate of drug-likeness (QED) is 0.164. The number of rotatable bonds is 0. The van der Waals surface area contributed by atoms with Crippen LogP contribution in [0.15, 0.2) is 48.5 Å². The van der Waals surface area contributed by atoms with Crippen LogP contribution in [0.1, 0.15) is 22.3 Å². The molecule has 188 valence electrons. The highest BCUT2D eigenvalue weighted by Gasteiger charge is 2.23. The van der Waals surface area contributed by atoms with E-state index in [4.69, 9.17) is 58.0 Å². The maximum Gasteiger partial charge on any atom is 0.142 e. The number of hydrogen-bond acceptors (Lipinski definition) is 4. The Morgan fingerprint density at radius 1 is 0.568 bits per heavy atom. The van der Waals surface area contributed by atoms with Crippen LogP contribution in [0.4, 0.5) is 0 Å². The van der Waals surface area contributed by atoms with Gasteiger partial charge in [-0.05, 0) is 77.6 Å². The largest absolute Gasteiger partial charge is 0.507 e. The molecule has 6 rings (SSSR count). The zero-order chi connectivity index (χ0) is 26.6. The van der Waals surface area contributed by atoms with Crippen molar-refractivity contribution in [2.75, 3.05) is 0 Å². The van der Waals surface area contributed by atoms with Crippen LogP contribution in [-0.4, -0.2) is 20.4 Å². The maximum absolute atomic E-state index is 11.1. The number of halogens is 5. The molecule has 0 saturated carbocycles. The zero-order valence-electron chi connectivity index (χ0n) is 18.8. The number of fused-ring (bicyclic) bond motifs is 3. The fourth-order valence-corrected chi connectivity index (χ4v) is 6.05. The Kier molecular flexibility index (Phi) is 6.90. The standard InChI is InChI=1S/C28H17Cl5O4/c29-19-9-13-8-17(27(36)21(31)10-13)16-7-12(2-5-22(16)34)1-3-15-14(4-6-23(35)25(15)32)18-11-20(30)24(19)26(33)28(18)37/h2,4-11,34-37H,1,3H2. The van der Waals surface area contributed by atoms with Crippen molar-refractivity contribution in [3.63, 3.8) is 0 Å². The number of benzene rings is 4. The van der Waals surface area contributed by atoms with Gasteiger partial charge < -0.3 is 20.4 Å². The van der Waals surface area contributed by atoms with Crippen LogP contribution in [0.25, 0.3) is 33.4 Å². The van der Waals surface area contributed by atoms with Crippen LogP contribution in [0, 0.1) is 0 Å². The average molecular weight is 595 g/mol. The molecule has 0 aromatic heterocycles. The molecule has 0 saturated heterocycles. The fraction of sp³-hybridized carbons (Fsp3) is 0.0714. The van der Waals surface area contributed by atoms with Crippen LogP contribution < -0.4 is 0 Å². The summed E-state index contributed by atoms with van der Waals surface area (Å²) in [6, 6.07) is 12.8. The number of hydrogen-bond donors (Lipinski definition) is 4. The Morgan fingerprint density at radius 2 is 1.27 bits per heavy atom. The minimum absolute atomic E-state index is 0.0470. The third-order valence-electron chi connectivity index (χ3n) is 6.34. The summed E-state index contributed by atoms with van der Waals surface area (Å²) in [5, 5.41) is 43.2. The molecule has 0 atom stereocenters. The molecule has 6 bridgehead atoms. The smallest absolute Gasteiger partial charge is 0.142 e. The van der Waals surface area contributed by atoms with E-state index in [1.165, 1.54) is 24.3 Å². The normalized spacial score (nSPS) is 12.8. The third-order valence-corrected chi connectivity index (χ3v) is 8.01. The van der Waals surface area contributed by atoms with Gasteiger partial charge in [-0.25, -0.2) is 0 Å². The first-order valence-electron chi connectivity index (χ1n) is 11.0. The molecule has 0 unspecified atom stereocenters. The minimum Gasteiger partial charge on any atom is -0.507 e. The monoisotopic (exact) mass is 592 g/mol. The number of aromatic hydroxyl groups is 4. The zero-order valence-corrected chi connectivity index (χ0v) is 22.6. The van der Waals surface area contributed by atoms with Gasteiger partial charge in [0.25, 0.3) is 0 Å². The summed E-state index contributed by atoms with van der Waals surface area (Å²) >= 11 is 32.6. The van der Waals surface area contributed by atoms with E-state index in [-0.39, 0.29) is 53.7 Å². The molecule has 4 aromatic carbocycles. The van der Waals surface area contributed by atoms with E-state index in [1.807, 2.05) is 0 Å². The summed E-state index contributed by atoms with van der Waals surface area (Å²) in [4.78, 5) is 0. The van der Waals surface area contributed by atoms with E-state index in [1.54, 1.807) is 30.3 Å². The highest BCUT2D eigenvalue weighted by atomic mass is 35.5. The molecule has 0 spiro atoms. The van der Waals surface area contributed by atoms with Crippen molar-refractivity contribution >= 4 is 69.1 Å². The van der Waals surface area contributed by atoms with E-state index in [0.29, 0.717) is 46.2 Å². The van der Waals surface area contributed by atoms with E-state index in [2.05, 4.69) is 0 Å². The second kappa shape index (κ2) is 9.86. The molecule has 9 heteroatoms. The van der Waals surface area contributed by atoms with Crippen LogP contribution in [0.3, 0.4) is 0 Å². The van der Waals surface area contributed by atoms with Crippen molar-refractivity contribution in [1.82, 2.24) is 0 Å². The lowest BCUT2D eigenvalue weighted by atomic mass is 9.91. The topological polar surface area (TPSA) is 80.9 Å². The van der Waals surface area contributed by atoms with Crippen LogP contribution in [0.2, 0.25) is 20.1 Å². The lowest BCUT2D eigenvalue weighted by Gasteiger charge is -2.18. The molecule has 0 heterocycles. The first-order chi connectivity index (χ1) is 17.6. The maximum atomic E-state index is 11.1. The summed E-state index contributed by atoms with van der Waals surface area (Å²) in [5.41, 5.74) is 3.60. The highest BCUT2D eigenvalue weighted by molar-refractivity contribution is 6.55. The van der Waals surface area contributed by atoms with Gasteiger partial charge in [-0.3, -0.25) is 0 Å². The second-order valence-electron chi connectivity index (χ2n) is 8.61. The van der Waals surface area contributed by atoms with Crippen LogP contribution >= 0.6 is 58.0 Å². The van der Waals surface area contributed by atoms with Crippen LogP contribution in [0.5, 0.6) is 23.0 Å². The van der Waals surface area contributed by atoms with E-state index < -0.39 is 0 Å². The van der Waals surface area contributed by atoms with Gasteiger partial charge in [0.05, 0.1) is 25.1 Å². The Hall–Kier alpha value is -2.73. The van der Waals surface area contributed by atoms with Gasteiger partial charge in [-0.2, -0.15) is 0 Å². The summed E-state index contributed by atoms with van der Waals surface area (Å²) in [5.74, 6) is -0.624. The van der Waals surface area contributed by atoms with Gasteiger partial charge in [0.2, 0.25) is 0 Å². The van der Waals surface area contributed by atoms with E-state index in [9.17, 15) is 20.4 Å². The predicted molar refractivity (Wildman–Crippen MR) is 152 cm³/mol. The first-order valence-corrected chi connectivity index (χ1v) is 12.9. The van der Waals surface area contributed by atoms with Gasteiger partial charge in [-0.1, -0.05) is 70.1 Å². The molecule has 2 aliphatic carbocycles. The van der Waals surface area contributed by atoms with E-state index >= 15 is 0 Å². The molecule has 0 radical (unpaired) electrons. The molecular formula is C28H17Cl5O4. The molecule has 4 aromatic rings. The molecule has 2 aliphatic rings. The SMILES string of the molecule is Oc1ccc2cc1-c1cc(cc(Cl)c1O)C=C(Cl)c1c(Cl)cc(c(O)c1Cl)-c1ccc(O)c(Cl)c1CC2. The molecule has 0 fully saturated rings. The van der Waals surface area contributed by atoms with Gasteiger partial charge in [0.1, 0.15) is 23.0 Å². The van der Waals surface area contributed by atoms with E-state index in [0.717, 1.165) is 5.56 Å².